The zero-order chi connectivity index (χ0) is 23.6. The summed E-state index contributed by atoms with van der Waals surface area (Å²) in [6.45, 7) is -0.00848. The lowest BCUT2D eigenvalue weighted by Gasteiger charge is -2.39. The lowest BCUT2D eigenvalue weighted by molar-refractivity contribution is -0.134. The van der Waals surface area contributed by atoms with Crippen LogP contribution in [0.15, 0.2) is 65.7 Å². The molecular weight excluding hydrogens is 444 g/mol. The molecule has 3 aromatic rings. The number of primary amides is 1. The van der Waals surface area contributed by atoms with E-state index in [0.717, 1.165) is 9.87 Å². The number of benzene rings is 2. The van der Waals surface area contributed by atoms with Gasteiger partial charge >= 0.3 is 0 Å². The Morgan fingerprint density at radius 2 is 1.82 bits per heavy atom. The van der Waals surface area contributed by atoms with Crippen molar-refractivity contribution in [3.63, 3.8) is 0 Å². The lowest BCUT2D eigenvalue weighted by atomic mass is 10.1. The first-order chi connectivity index (χ1) is 15.8. The molecule has 1 atom stereocenters. The molecule has 1 saturated heterocycles. The summed E-state index contributed by atoms with van der Waals surface area (Å²) in [6.07, 6.45) is 1.64. The van der Waals surface area contributed by atoms with Crippen LogP contribution in [0.2, 0.25) is 0 Å². The van der Waals surface area contributed by atoms with Crippen molar-refractivity contribution in [2.45, 2.75) is 17.4 Å². The summed E-state index contributed by atoms with van der Waals surface area (Å²) >= 11 is 0. The molecule has 0 spiro atoms. The number of para-hydroxylation sites is 1. The maximum atomic E-state index is 13.5. The first-order valence-electron chi connectivity index (χ1n) is 10.4. The maximum absolute atomic E-state index is 13.5. The summed E-state index contributed by atoms with van der Waals surface area (Å²) in [6, 6.07) is 14.3. The fraction of sp³-hybridized carbons (Fsp3) is 0.261. The Balaban J connectivity index is 1.56. The first-order valence-corrected chi connectivity index (χ1v) is 11.8. The van der Waals surface area contributed by atoms with Gasteiger partial charge in [0.05, 0.1) is 19.0 Å². The van der Waals surface area contributed by atoms with Crippen LogP contribution in [0, 0.1) is 0 Å². The van der Waals surface area contributed by atoms with E-state index in [1.54, 1.807) is 55.6 Å². The Hall–Kier alpha value is -3.50. The summed E-state index contributed by atoms with van der Waals surface area (Å²) in [5.41, 5.74) is 6.69. The van der Waals surface area contributed by atoms with Crippen molar-refractivity contribution < 1.29 is 22.7 Å². The molecule has 1 unspecified atom stereocenters. The third-order valence-corrected chi connectivity index (χ3v) is 7.65. The van der Waals surface area contributed by atoms with Crippen LogP contribution in [0.1, 0.15) is 5.56 Å². The van der Waals surface area contributed by atoms with Crippen molar-refractivity contribution in [1.82, 2.24) is 14.2 Å². The van der Waals surface area contributed by atoms with Crippen LogP contribution in [-0.2, 0) is 26.0 Å². The molecule has 172 valence electrons. The second-order valence-corrected chi connectivity index (χ2v) is 9.59. The van der Waals surface area contributed by atoms with Crippen molar-refractivity contribution in [3.05, 3.63) is 66.4 Å². The maximum Gasteiger partial charge on any atom is 0.246 e. The number of nitrogens with zero attached hydrogens (tertiary/aromatic N) is 3. The van der Waals surface area contributed by atoms with Gasteiger partial charge in [-0.25, -0.2) is 8.42 Å². The van der Waals surface area contributed by atoms with Gasteiger partial charge in [0.2, 0.25) is 21.8 Å². The third-order valence-electron chi connectivity index (χ3n) is 5.71. The molecule has 10 heteroatoms. The minimum atomic E-state index is -4.08. The molecule has 1 aliphatic heterocycles. The van der Waals surface area contributed by atoms with Crippen molar-refractivity contribution in [2.75, 3.05) is 26.7 Å². The Morgan fingerprint density at radius 3 is 2.52 bits per heavy atom. The van der Waals surface area contributed by atoms with E-state index >= 15 is 0 Å². The van der Waals surface area contributed by atoms with Gasteiger partial charge in [0, 0.05) is 31.2 Å². The number of sulfonamides is 1. The minimum Gasteiger partial charge on any atom is -0.497 e. The molecule has 2 heterocycles. The van der Waals surface area contributed by atoms with Crippen molar-refractivity contribution in [1.29, 1.82) is 0 Å². The highest BCUT2D eigenvalue weighted by atomic mass is 32.2. The summed E-state index contributed by atoms with van der Waals surface area (Å²) in [4.78, 5) is 30.8. The number of ether oxygens (including phenoxy) is 1. The zero-order valence-electron chi connectivity index (χ0n) is 18.0. The molecule has 1 aromatic heterocycles. The average Bonchev–Trinajstić information content (AvgIpc) is 2.83. The molecule has 2 N–H and O–H groups in total. The van der Waals surface area contributed by atoms with Gasteiger partial charge in [0.25, 0.3) is 0 Å². The largest absolute Gasteiger partial charge is 0.497 e. The summed E-state index contributed by atoms with van der Waals surface area (Å²) < 4.78 is 33.2. The van der Waals surface area contributed by atoms with E-state index in [-0.39, 0.29) is 36.9 Å². The van der Waals surface area contributed by atoms with Crippen LogP contribution < -0.4 is 10.5 Å². The molecule has 33 heavy (non-hydrogen) atoms. The number of carbonyl (C=O) groups excluding carboxylic acids is 2. The molecule has 2 aromatic carbocycles. The van der Waals surface area contributed by atoms with Crippen LogP contribution in [-0.4, -0.2) is 67.2 Å². The quantitative estimate of drug-likeness (QED) is 0.579. The SMILES string of the molecule is COc1ccc(CC(=O)N2CCN(S(=O)(=O)c3cccc4cccnc34)C(C(N)=O)C2)cc1. The first kappa shape index (κ1) is 22.7. The molecule has 0 aliphatic carbocycles. The van der Waals surface area contributed by atoms with E-state index in [0.29, 0.717) is 16.7 Å². The highest BCUT2D eigenvalue weighted by Gasteiger charge is 2.41. The molecular formula is C23H24N4O5S. The van der Waals surface area contributed by atoms with Gasteiger partial charge in [0.1, 0.15) is 16.7 Å². The van der Waals surface area contributed by atoms with E-state index in [1.165, 1.54) is 17.2 Å². The molecule has 2 amide bonds. The van der Waals surface area contributed by atoms with E-state index in [1.807, 2.05) is 0 Å². The second kappa shape index (κ2) is 9.16. The number of carbonyl (C=O) groups is 2. The van der Waals surface area contributed by atoms with Gasteiger partial charge in [0.15, 0.2) is 0 Å². The van der Waals surface area contributed by atoms with Gasteiger partial charge in [-0.05, 0) is 29.8 Å². The van der Waals surface area contributed by atoms with E-state index in [2.05, 4.69) is 4.98 Å². The molecule has 4 rings (SSSR count). The fourth-order valence-electron chi connectivity index (χ4n) is 3.95. The van der Waals surface area contributed by atoms with Crippen LogP contribution in [0.5, 0.6) is 5.75 Å². The predicted molar refractivity (Wildman–Crippen MR) is 122 cm³/mol. The van der Waals surface area contributed by atoms with Gasteiger partial charge in [-0.3, -0.25) is 14.6 Å². The Labute approximate surface area is 191 Å². The molecule has 0 saturated carbocycles. The Bertz CT molecular complexity index is 1290. The average molecular weight is 469 g/mol. The Morgan fingerprint density at radius 1 is 1.09 bits per heavy atom. The standard InChI is InChI=1S/C23H24N4O5S/c1-32-18-9-7-16(8-10-18)14-21(28)26-12-13-27(19(15-26)23(24)29)33(30,31)20-6-2-4-17-5-3-11-25-22(17)20/h2-11,19H,12-15H2,1H3,(H2,24,29). The highest BCUT2D eigenvalue weighted by molar-refractivity contribution is 7.89. The van der Waals surface area contributed by atoms with Crippen molar-refractivity contribution in [3.8, 4) is 5.75 Å². The number of rotatable bonds is 6. The topological polar surface area (TPSA) is 123 Å². The second-order valence-electron chi connectivity index (χ2n) is 7.73. The van der Waals surface area contributed by atoms with Crippen molar-refractivity contribution in [2.24, 2.45) is 5.73 Å². The van der Waals surface area contributed by atoms with E-state index < -0.39 is 22.0 Å². The van der Waals surface area contributed by atoms with Gasteiger partial charge in [-0.1, -0.05) is 30.3 Å². The lowest BCUT2D eigenvalue weighted by Crippen LogP contribution is -2.60. The summed E-state index contributed by atoms with van der Waals surface area (Å²) in [5, 5.41) is 0.669. The van der Waals surface area contributed by atoms with Crippen LogP contribution >= 0.6 is 0 Å². The number of methoxy groups -OCH3 is 1. The number of hydrogen-bond acceptors (Lipinski definition) is 6. The van der Waals surface area contributed by atoms with Gasteiger partial charge in [-0.15, -0.1) is 0 Å². The number of fused-ring (bicyclic) bond motifs is 1. The molecule has 1 aliphatic rings. The smallest absolute Gasteiger partial charge is 0.246 e. The number of aromatic nitrogens is 1. The normalized spacial score (nSPS) is 17.1. The number of nitrogens with two attached hydrogens (primary N) is 1. The summed E-state index contributed by atoms with van der Waals surface area (Å²) in [7, 11) is -2.52. The number of amides is 2. The molecule has 9 nitrogen and oxygen atoms in total. The predicted octanol–water partition coefficient (Wildman–Crippen LogP) is 1.17. The minimum absolute atomic E-state index is 0.00450. The Kier molecular flexibility index (Phi) is 6.30. The van der Waals surface area contributed by atoms with Gasteiger partial charge in [-0.2, -0.15) is 4.31 Å². The molecule has 0 radical (unpaired) electrons. The molecule has 1 fully saturated rings. The number of pyridine rings is 1. The third kappa shape index (κ3) is 4.53. The van der Waals surface area contributed by atoms with E-state index in [4.69, 9.17) is 10.5 Å². The van der Waals surface area contributed by atoms with Crippen LogP contribution in [0.4, 0.5) is 0 Å². The van der Waals surface area contributed by atoms with Crippen LogP contribution in [0.3, 0.4) is 0 Å². The fourth-order valence-corrected chi connectivity index (χ4v) is 5.70. The highest BCUT2D eigenvalue weighted by Crippen LogP contribution is 2.27. The van der Waals surface area contributed by atoms with Gasteiger partial charge < -0.3 is 15.4 Å². The van der Waals surface area contributed by atoms with Crippen LogP contribution in [0.25, 0.3) is 10.9 Å². The summed E-state index contributed by atoms with van der Waals surface area (Å²) in [5.74, 6) is -0.342. The monoisotopic (exact) mass is 468 g/mol. The zero-order valence-corrected chi connectivity index (χ0v) is 18.9. The van der Waals surface area contributed by atoms with E-state index in [9.17, 15) is 18.0 Å². The number of piperazine rings is 1. The van der Waals surface area contributed by atoms with Crippen molar-refractivity contribution >= 4 is 32.7 Å². The number of hydrogen-bond donors (Lipinski definition) is 1. The molecule has 0 bridgehead atoms.